The molecule has 2 aromatic rings. The van der Waals surface area contributed by atoms with Crippen molar-refractivity contribution in [1.29, 1.82) is 0 Å². The van der Waals surface area contributed by atoms with E-state index in [9.17, 15) is 18.9 Å². The van der Waals surface area contributed by atoms with E-state index in [4.69, 9.17) is 0 Å². The van der Waals surface area contributed by atoms with Gasteiger partial charge in [0.2, 0.25) is 0 Å². The molecule has 0 aliphatic rings. The van der Waals surface area contributed by atoms with E-state index in [1.807, 2.05) is 6.92 Å². The third-order valence-electron chi connectivity index (χ3n) is 3.14. The smallest absolute Gasteiger partial charge is 0.274 e. The van der Waals surface area contributed by atoms with E-state index in [1.165, 1.54) is 18.2 Å². The zero-order valence-corrected chi connectivity index (χ0v) is 11.6. The molecule has 6 heteroatoms. The van der Waals surface area contributed by atoms with Crippen molar-refractivity contribution in [2.24, 2.45) is 0 Å². The minimum Gasteiger partial charge on any atom is -0.381 e. The lowest BCUT2D eigenvalue weighted by Gasteiger charge is -2.11. The SMILES string of the molecule is Cc1cc(C)c([N+](=O)[O-])cc1NCc1cc(F)cc(F)c1. The second kappa shape index (κ2) is 5.87. The standard InChI is InChI=1S/C15H14F2N2O2/c1-9-3-10(2)15(19(20)21)7-14(9)18-8-11-4-12(16)6-13(17)5-11/h3-7,18H,8H2,1-2H3. The molecule has 0 amide bonds. The van der Waals surface area contributed by atoms with E-state index < -0.39 is 16.6 Å². The Morgan fingerprint density at radius 1 is 1.05 bits per heavy atom. The zero-order valence-electron chi connectivity index (χ0n) is 11.6. The summed E-state index contributed by atoms with van der Waals surface area (Å²) in [4.78, 5) is 10.5. The summed E-state index contributed by atoms with van der Waals surface area (Å²) in [7, 11) is 0. The Morgan fingerprint density at radius 3 is 2.24 bits per heavy atom. The van der Waals surface area contributed by atoms with Gasteiger partial charge in [0, 0.05) is 29.9 Å². The summed E-state index contributed by atoms with van der Waals surface area (Å²) in [6, 6.07) is 6.36. The Kier molecular flexibility index (Phi) is 4.16. The number of hydrogen-bond donors (Lipinski definition) is 1. The average molecular weight is 292 g/mol. The normalized spacial score (nSPS) is 10.5. The molecule has 110 valence electrons. The van der Waals surface area contributed by atoms with Crippen molar-refractivity contribution in [3.63, 3.8) is 0 Å². The van der Waals surface area contributed by atoms with Crippen molar-refractivity contribution in [3.8, 4) is 0 Å². The van der Waals surface area contributed by atoms with Crippen LogP contribution in [0.3, 0.4) is 0 Å². The van der Waals surface area contributed by atoms with Crippen molar-refractivity contribution in [3.05, 3.63) is 68.8 Å². The highest BCUT2D eigenvalue weighted by Gasteiger charge is 2.13. The van der Waals surface area contributed by atoms with Crippen LogP contribution < -0.4 is 5.32 Å². The third kappa shape index (κ3) is 3.53. The molecule has 1 N–H and O–H groups in total. The topological polar surface area (TPSA) is 55.2 Å². The van der Waals surface area contributed by atoms with Crippen LogP contribution in [0.4, 0.5) is 20.2 Å². The molecule has 0 unspecified atom stereocenters. The molecule has 4 nitrogen and oxygen atoms in total. The van der Waals surface area contributed by atoms with Gasteiger partial charge in [0.1, 0.15) is 11.6 Å². The molecule has 0 heterocycles. The van der Waals surface area contributed by atoms with E-state index in [1.54, 1.807) is 13.0 Å². The lowest BCUT2D eigenvalue weighted by atomic mass is 10.1. The van der Waals surface area contributed by atoms with Crippen LogP contribution in [0.2, 0.25) is 0 Å². The van der Waals surface area contributed by atoms with Crippen LogP contribution in [0.1, 0.15) is 16.7 Å². The van der Waals surface area contributed by atoms with E-state index in [0.29, 0.717) is 16.8 Å². The third-order valence-corrected chi connectivity index (χ3v) is 3.14. The van der Waals surface area contributed by atoms with Gasteiger partial charge in [0.15, 0.2) is 0 Å². The number of nitro benzene ring substituents is 1. The van der Waals surface area contributed by atoms with Gasteiger partial charge in [-0.1, -0.05) is 0 Å². The maximum atomic E-state index is 13.1. The first-order valence-corrected chi connectivity index (χ1v) is 6.31. The van der Waals surface area contributed by atoms with Crippen LogP contribution in [0, 0.1) is 35.6 Å². The first kappa shape index (κ1) is 14.9. The zero-order chi connectivity index (χ0) is 15.6. The van der Waals surface area contributed by atoms with Gasteiger partial charge in [-0.05, 0) is 43.2 Å². The van der Waals surface area contributed by atoms with Crippen LogP contribution in [-0.4, -0.2) is 4.92 Å². The summed E-state index contributed by atoms with van der Waals surface area (Å²) in [5.41, 5.74) is 2.40. The fourth-order valence-corrected chi connectivity index (χ4v) is 2.14. The number of nitro groups is 1. The Bertz CT molecular complexity index is 682. The lowest BCUT2D eigenvalue weighted by Crippen LogP contribution is -2.03. The Balaban J connectivity index is 2.23. The number of aryl methyl sites for hydroxylation is 2. The molecular formula is C15H14F2N2O2. The lowest BCUT2D eigenvalue weighted by molar-refractivity contribution is -0.385. The minimum atomic E-state index is -0.654. The van der Waals surface area contributed by atoms with Gasteiger partial charge in [0.25, 0.3) is 5.69 Å². The second-order valence-corrected chi connectivity index (χ2v) is 4.84. The largest absolute Gasteiger partial charge is 0.381 e. The van der Waals surface area contributed by atoms with Gasteiger partial charge in [-0.2, -0.15) is 0 Å². The van der Waals surface area contributed by atoms with Gasteiger partial charge >= 0.3 is 0 Å². The fraction of sp³-hybridized carbons (Fsp3) is 0.200. The fourth-order valence-electron chi connectivity index (χ4n) is 2.14. The summed E-state index contributed by atoms with van der Waals surface area (Å²) in [5, 5.41) is 13.9. The van der Waals surface area contributed by atoms with Crippen molar-refractivity contribution in [2.45, 2.75) is 20.4 Å². The first-order valence-electron chi connectivity index (χ1n) is 6.31. The van der Waals surface area contributed by atoms with Crippen LogP contribution in [0.5, 0.6) is 0 Å². The molecule has 0 saturated heterocycles. The van der Waals surface area contributed by atoms with Crippen molar-refractivity contribution >= 4 is 11.4 Å². The monoisotopic (exact) mass is 292 g/mol. The molecular weight excluding hydrogens is 278 g/mol. The van der Waals surface area contributed by atoms with Gasteiger partial charge in [-0.3, -0.25) is 10.1 Å². The Hall–Kier alpha value is -2.50. The molecule has 0 spiro atoms. The number of hydrogen-bond acceptors (Lipinski definition) is 3. The second-order valence-electron chi connectivity index (χ2n) is 4.84. The molecule has 2 aromatic carbocycles. The van der Waals surface area contributed by atoms with Crippen LogP contribution in [-0.2, 0) is 6.54 Å². The summed E-state index contributed by atoms with van der Waals surface area (Å²) in [5.74, 6) is -1.31. The average Bonchev–Trinajstić information content (AvgIpc) is 2.36. The molecule has 0 saturated carbocycles. The van der Waals surface area contributed by atoms with Crippen LogP contribution in [0.15, 0.2) is 30.3 Å². The van der Waals surface area contributed by atoms with E-state index in [-0.39, 0.29) is 12.2 Å². The molecule has 0 fully saturated rings. The molecule has 0 atom stereocenters. The molecule has 21 heavy (non-hydrogen) atoms. The molecule has 0 aliphatic carbocycles. The Labute approximate surface area is 120 Å². The van der Waals surface area contributed by atoms with Gasteiger partial charge in [0.05, 0.1) is 4.92 Å². The van der Waals surface area contributed by atoms with Gasteiger partial charge in [-0.15, -0.1) is 0 Å². The molecule has 2 rings (SSSR count). The predicted octanol–water partition coefficient (Wildman–Crippen LogP) is 4.10. The maximum Gasteiger partial charge on any atom is 0.274 e. The minimum absolute atomic E-state index is 0.00789. The molecule has 0 radical (unpaired) electrons. The number of nitrogens with one attached hydrogen (secondary N) is 1. The van der Waals surface area contributed by atoms with Gasteiger partial charge in [-0.25, -0.2) is 8.78 Å². The van der Waals surface area contributed by atoms with Crippen LogP contribution in [0.25, 0.3) is 0 Å². The highest BCUT2D eigenvalue weighted by molar-refractivity contribution is 5.60. The first-order chi connectivity index (χ1) is 9.86. The number of benzene rings is 2. The number of halogens is 2. The predicted molar refractivity (Wildman–Crippen MR) is 76.3 cm³/mol. The number of nitrogens with zero attached hydrogens (tertiary/aromatic N) is 1. The van der Waals surface area contributed by atoms with E-state index >= 15 is 0 Å². The highest BCUT2D eigenvalue weighted by Crippen LogP contribution is 2.26. The number of anilines is 1. The summed E-state index contributed by atoms with van der Waals surface area (Å²) in [6.45, 7) is 3.65. The van der Waals surface area contributed by atoms with E-state index in [0.717, 1.165) is 11.6 Å². The Morgan fingerprint density at radius 2 is 1.67 bits per heavy atom. The van der Waals surface area contributed by atoms with Crippen molar-refractivity contribution in [2.75, 3.05) is 5.32 Å². The van der Waals surface area contributed by atoms with Crippen molar-refractivity contribution < 1.29 is 13.7 Å². The quantitative estimate of drug-likeness (QED) is 0.681. The molecule has 0 aliphatic heterocycles. The summed E-state index contributed by atoms with van der Waals surface area (Å²) < 4.78 is 26.2. The highest BCUT2D eigenvalue weighted by atomic mass is 19.1. The number of rotatable bonds is 4. The van der Waals surface area contributed by atoms with Crippen LogP contribution >= 0.6 is 0 Å². The molecule has 0 bridgehead atoms. The van der Waals surface area contributed by atoms with Gasteiger partial charge < -0.3 is 5.32 Å². The van der Waals surface area contributed by atoms with Crippen molar-refractivity contribution in [1.82, 2.24) is 0 Å². The van der Waals surface area contributed by atoms with E-state index in [2.05, 4.69) is 5.32 Å². The maximum absolute atomic E-state index is 13.1. The summed E-state index contributed by atoms with van der Waals surface area (Å²) in [6.07, 6.45) is 0. The molecule has 0 aromatic heterocycles. The summed E-state index contributed by atoms with van der Waals surface area (Å²) >= 11 is 0.